The van der Waals surface area contributed by atoms with E-state index in [1.165, 1.54) is 82.4 Å². The van der Waals surface area contributed by atoms with Crippen LogP contribution in [0.15, 0.2) is 358 Å². The molecule has 0 spiro atoms. The predicted molar refractivity (Wildman–Crippen MR) is 460 cm³/mol. The second kappa shape index (κ2) is 23.8. The largest absolute Gasteiger partial charge is 0.458 e. The molecule has 3 aromatic heterocycles. The molecule has 23 rings (SSSR count). The summed E-state index contributed by atoms with van der Waals surface area (Å²) in [5.41, 5.74) is 25.6. The lowest BCUT2D eigenvalue weighted by Gasteiger charge is -2.46. The van der Waals surface area contributed by atoms with Crippen molar-refractivity contribution in [1.82, 2.24) is 0 Å². The van der Waals surface area contributed by atoms with E-state index in [1.807, 2.05) is 34.0 Å². The van der Waals surface area contributed by atoms with Crippen LogP contribution in [-0.4, -0.2) is 13.4 Å². The molecule has 6 nitrogen and oxygen atoms in total. The summed E-state index contributed by atoms with van der Waals surface area (Å²) in [5, 5.41) is 7.45. The minimum absolute atomic E-state index is 0.248. The third-order valence-corrected chi connectivity index (χ3v) is 25.9. The molecule has 0 radical (unpaired) electrons. The fourth-order valence-electron chi connectivity index (χ4n) is 18.1. The van der Waals surface area contributed by atoms with Crippen molar-refractivity contribution in [2.75, 3.05) is 24.5 Å². The summed E-state index contributed by atoms with van der Waals surface area (Å²) in [6.45, 7) is -0.508. The molecule has 498 valence electrons. The molecule has 0 saturated heterocycles. The van der Waals surface area contributed by atoms with E-state index in [2.05, 4.69) is 382 Å². The highest BCUT2D eigenvalue weighted by molar-refractivity contribution is 7.27. The molecule has 0 saturated carbocycles. The van der Waals surface area contributed by atoms with Crippen LogP contribution in [0.1, 0.15) is 0 Å². The first-order chi connectivity index (χ1) is 53.1. The molecule has 16 aromatic carbocycles. The summed E-state index contributed by atoms with van der Waals surface area (Å²) >= 11 is 5.58. The van der Waals surface area contributed by atoms with Crippen molar-refractivity contribution in [2.24, 2.45) is 0 Å². The number of rotatable bonds is 10. The summed E-state index contributed by atoms with van der Waals surface area (Å²) in [6, 6.07) is 133. The van der Waals surface area contributed by atoms with Gasteiger partial charge in [-0.2, -0.15) is 0 Å². The van der Waals surface area contributed by atoms with E-state index in [1.54, 1.807) is 0 Å². The Morgan fingerprint density at radius 2 is 0.701 bits per heavy atom. The van der Waals surface area contributed by atoms with Gasteiger partial charge >= 0.3 is 0 Å². The van der Waals surface area contributed by atoms with E-state index in [0.29, 0.717) is 0 Å². The number of ether oxygens (including phenoxy) is 1. The van der Waals surface area contributed by atoms with Gasteiger partial charge in [-0.15, -0.1) is 34.0 Å². The zero-order valence-corrected chi connectivity index (χ0v) is 60.0. The van der Waals surface area contributed by atoms with Gasteiger partial charge < -0.3 is 29.2 Å². The zero-order valence-electron chi connectivity index (χ0n) is 57.6. The average Bonchev–Trinajstić information content (AvgIpc) is 1.58. The normalized spacial score (nSPS) is 13.0. The fourth-order valence-corrected chi connectivity index (χ4v) is 21.5. The van der Waals surface area contributed by atoms with Crippen LogP contribution in [0.5, 0.6) is 11.5 Å². The molecule has 0 bridgehead atoms. The summed E-state index contributed by atoms with van der Waals surface area (Å²) in [5.74, 6) is 1.63. The number of benzene rings is 16. The molecule has 0 aliphatic carbocycles. The van der Waals surface area contributed by atoms with Gasteiger partial charge in [-0.05, 0) is 160 Å². The molecular weight excluding hydrogens is 1360 g/mol. The van der Waals surface area contributed by atoms with Gasteiger partial charge in [0.15, 0.2) is 0 Å². The summed E-state index contributed by atoms with van der Waals surface area (Å²) < 4.78 is 15.6. The van der Waals surface area contributed by atoms with Crippen LogP contribution in [0.2, 0.25) is 0 Å². The number of thiophene rings is 3. The van der Waals surface area contributed by atoms with Gasteiger partial charge in [0.1, 0.15) is 11.5 Å². The molecule has 7 heterocycles. The van der Waals surface area contributed by atoms with Crippen LogP contribution >= 0.6 is 34.0 Å². The molecule has 19 aromatic rings. The maximum atomic E-state index is 8.12. The van der Waals surface area contributed by atoms with Gasteiger partial charge in [0.25, 0.3) is 13.4 Å². The Kier molecular flexibility index (Phi) is 13.5. The minimum atomic E-state index is -0.259. The van der Waals surface area contributed by atoms with E-state index in [0.717, 1.165) is 119 Å². The summed E-state index contributed by atoms with van der Waals surface area (Å²) in [4.78, 5) is 12.7. The second-order valence-corrected chi connectivity index (χ2v) is 31.3. The second-order valence-electron chi connectivity index (χ2n) is 28.1. The molecule has 0 unspecified atom stereocenters. The molecule has 4 aliphatic heterocycles. The monoisotopic (exact) mass is 1420 g/mol. The number of anilines is 15. The molecule has 0 amide bonds. The number of hydrogen-bond donors (Lipinski definition) is 0. The molecular formula is C96H59B2N5OS3. The fraction of sp³-hybridized carbons (Fsp3) is 0. The summed E-state index contributed by atoms with van der Waals surface area (Å²) in [7, 11) is 0. The first-order valence-electron chi connectivity index (χ1n) is 36.5. The van der Waals surface area contributed by atoms with Crippen molar-refractivity contribution in [3.05, 3.63) is 358 Å². The third-order valence-electron chi connectivity index (χ3n) is 22.4. The summed E-state index contributed by atoms with van der Waals surface area (Å²) in [6.07, 6.45) is 0. The van der Waals surface area contributed by atoms with Gasteiger partial charge in [0, 0.05) is 125 Å². The van der Waals surface area contributed by atoms with E-state index in [-0.39, 0.29) is 13.4 Å². The van der Waals surface area contributed by atoms with Crippen LogP contribution in [0.25, 0.3) is 71.6 Å². The standard InChI is InChI=1S/C96H59B2N5OS3/c1-5-28-60(29-6-1)66-36-13-19-43-75(66)101-81-59-85-74(58-73(81)97-71-41-17-20-44-76(71)102(79-47-27-53-91-93(79)70-39-16-24-51-89(70)106-91)83-55-64(54-82(101)94(83)97)99(61-30-7-2-8-31-61)62-32-9-3-10-33-62)98-72-42-18-21-45-77(72)103(80-48-25-40-68-67-37-14-22-49-87(67)107-96(68)80)84-56-65(57-86(104-85)95(84)98)100(63-34-11-4-12-35-63)78-46-26-52-90-92(78)69-38-15-23-50-88(69)105-90/h1-59H. The van der Waals surface area contributed by atoms with Crippen LogP contribution in [0.3, 0.4) is 0 Å². The Bertz CT molecular complexity index is 6840. The lowest BCUT2D eigenvalue weighted by Crippen LogP contribution is -2.64. The Labute approximate surface area is 631 Å². The van der Waals surface area contributed by atoms with Gasteiger partial charge in [0.2, 0.25) is 0 Å². The number of fused-ring (bicyclic) bond motifs is 17. The highest BCUT2D eigenvalue weighted by Gasteiger charge is 2.49. The van der Waals surface area contributed by atoms with Crippen LogP contribution in [0, 0.1) is 0 Å². The predicted octanol–water partition coefficient (Wildman–Crippen LogP) is 23.9. The molecule has 0 atom stereocenters. The van der Waals surface area contributed by atoms with Gasteiger partial charge in [-0.25, -0.2) is 0 Å². The van der Waals surface area contributed by atoms with Gasteiger partial charge in [-0.3, -0.25) is 0 Å². The first-order valence-corrected chi connectivity index (χ1v) is 39.0. The Morgan fingerprint density at radius 3 is 1.36 bits per heavy atom. The molecule has 107 heavy (non-hydrogen) atoms. The lowest BCUT2D eigenvalue weighted by atomic mass is 9.30. The first kappa shape index (κ1) is 60.5. The Balaban J connectivity index is 0.829. The number of para-hydroxylation sites is 6. The lowest BCUT2D eigenvalue weighted by molar-refractivity contribution is 0.488. The third kappa shape index (κ3) is 9.12. The van der Waals surface area contributed by atoms with Crippen LogP contribution in [0.4, 0.5) is 85.3 Å². The molecule has 0 fully saturated rings. The number of hydrogen-bond acceptors (Lipinski definition) is 9. The van der Waals surface area contributed by atoms with E-state index < -0.39 is 0 Å². The molecule has 0 N–H and O–H groups in total. The van der Waals surface area contributed by atoms with Crippen LogP contribution < -0.4 is 62.0 Å². The SMILES string of the molecule is c1ccc(-c2ccccc2N2c3cc4c(cc3B3c5ccccc5N(c5cccc6sc7ccccc7c56)c5cc(N(c6ccccc6)c6ccccc6)cc2c53)B2c3ccccc3N(c3cccc5c3sc3ccccc35)c3cc(N(c5ccccc5)c5cccc6sc7ccccc7c56)cc(c32)O4)cc1. The topological polar surface area (TPSA) is 25.4 Å². The quantitative estimate of drug-likeness (QED) is 0.127. The molecule has 11 heteroatoms. The van der Waals surface area contributed by atoms with Crippen molar-refractivity contribution in [1.29, 1.82) is 0 Å². The average molecular weight is 1420 g/mol. The maximum Gasteiger partial charge on any atom is 0.256 e. The Morgan fingerprint density at radius 1 is 0.252 bits per heavy atom. The van der Waals surface area contributed by atoms with Gasteiger partial charge in [0.05, 0.1) is 38.8 Å². The zero-order chi connectivity index (χ0) is 70.0. The van der Waals surface area contributed by atoms with Crippen molar-refractivity contribution in [3.8, 4) is 22.6 Å². The van der Waals surface area contributed by atoms with Crippen molar-refractivity contribution in [3.63, 3.8) is 0 Å². The van der Waals surface area contributed by atoms with E-state index >= 15 is 0 Å². The highest BCUT2D eigenvalue weighted by atomic mass is 32.1. The van der Waals surface area contributed by atoms with E-state index in [4.69, 9.17) is 4.74 Å². The van der Waals surface area contributed by atoms with Crippen LogP contribution in [-0.2, 0) is 0 Å². The molecule has 4 aliphatic rings. The number of nitrogens with zero attached hydrogens (tertiary/aromatic N) is 5. The Hall–Kier alpha value is -12.9. The smallest absolute Gasteiger partial charge is 0.256 e. The van der Waals surface area contributed by atoms with Crippen molar-refractivity contribution < 1.29 is 4.74 Å². The minimum Gasteiger partial charge on any atom is -0.458 e. The van der Waals surface area contributed by atoms with Crippen molar-refractivity contribution >= 4 is 226 Å². The highest BCUT2D eigenvalue weighted by Crippen LogP contribution is 2.56. The maximum absolute atomic E-state index is 8.12. The van der Waals surface area contributed by atoms with E-state index in [9.17, 15) is 0 Å². The van der Waals surface area contributed by atoms with Crippen molar-refractivity contribution in [2.45, 2.75) is 0 Å². The van der Waals surface area contributed by atoms with Gasteiger partial charge in [-0.1, -0.05) is 224 Å².